The smallest absolute Gasteiger partial charge is 0.261 e. The Balaban J connectivity index is 1.84. The van der Waals surface area contributed by atoms with Gasteiger partial charge in [0.2, 0.25) is 11.8 Å². The van der Waals surface area contributed by atoms with Gasteiger partial charge in [-0.3, -0.25) is 14.4 Å². The van der Waals surface area contributed by atoms with Gasteiger partial charge in [0, 0.05) is 12.6 Å². The number of unbranched alkanes of at least 4 members (excludes halogenated alkanes) is 1. The molecule has 3 rings (SSSR count). The minimum absolute atomic E-state index is 0.132. The molecule has 0 aliphatic heterocycles. The maximum absolute atomic E-state index is 13.5. The van der Waals surface area contributed by atoms with E-state index >= 15 is 0 Å². The summed E-state index contributed by atoms with van der Waals surface area (Å²) in [6.45, 7) is 2.29. The van der Waals surface area contributed by atoms with Gasteiger partial charge < -0.3 is 20.3 Å². The molecule has 1 saturated carbocycles. The molecule has 1 aromatic heterocycles. The number of thiophene rings is 1. The van der Waals surface area contributed by atoms with Crippen LogP contribution in [0.3, 0.4) is 0 Å². The molecular formula is C25H33N3O4S. The lowest BCUT2D eigenvalue weighted by Crippen LogP contribution is -2.49. The Morgan fingerprint density at radius 2 is 1.97 bits per heavy atom. The van der Waals surface area contributed by atoms with Crippen LogP contribution >= 0.6 is 11.3 Å². The molecule has 33 heavy (non-hydrogen) atoms. The highest BCUT2D eigenvalue weighted by molar-refractivity contribution is 7.12. The first-order valence-electron chi connectivity index (χ1n) is 11.6. The summed E-state index contributed by atoms with van der Waals surface area (Å²) in [6.07, 6.45) is 5.74. The predicted octanol–water partition coefficient (Wildman–Crippen LogP) is 3.92. The number of methoxy groups -OCH3 is 1. The van der Waals surface area contributed by atoms with Crippen LogP contribution in [-0.4, -0.2) is 48.9 Å². The molecule has 0 radical (unpaired) electrons. The van der Waals surface area contributed by atoms with E-state index in [4.69, 9.17) is 4.74 Å². The van der Waals surface area contributed by atoms with E-state index in [-0.39, 0.29) is 30.3 Å². The highest BCUT2D eigenvalue weighted by Crippen LogP contribution is 2.27. The summed E-state index contributed by atoms with van der Waals surface area (Å²) < 4.78 is 5.37. The molecule has 8 heteroatoms. The van der Waals surface area contributed by atoms with Gasteiger partial charge in [-0.1, -0.05) is 44.4 Å². The zero-order valence-electron chi connectivity index (χ0n) is 19.3. The third-order valence-electron chi connectivity index (χ3n) is 5.89. The SMILES string of the molecule is CCCCN(C(=O)CNC(=O)c1cccs1)C(C(=O)NC1CCCC1)c1cccc(OC)c1. The predicted molar refractivity (Wildman–Crippen MR) is 129 cm³/mol. The fourth-order valence-electron chi connectivity index (χ4n) is 4.11. The maximum atomic E-state index is 13.5. The number of nitrogens with one attached hydrogen (secondary N) is 2. The average molecular weight is 472 g/mol. The number of nitrogens with zero attached hydrogens (tertiary/aromatic N) is 1. The monoisotopic (exact) mass is 471 g/mol. The van der Waals surface area contributed by atoms with Gasteiger partial charge in [-0.25, -0.2) is 0 Å². The Hall–Kier alpha value is -2.87. The van der Waals surface area contributed by atoms with Crippen LogP contribution in [0.15, 0.2) is 41.8 Å². The van der Waals surface area contributed by atoms with Gasteiger partial charge in [-0.2, -0.15) is 0 Å². The number of benzene rings is 1. The second kappa shape index (κ2) is 12.4. The molecule has 7 nitrogen and oxygen atoms in total. The summed E-state index contributed by atoms with van der Waals surface area (Å²) in [6, 6.07) is 10.1. The Morgan fingerprint density at radius 1 is 1.18 bits per heavy atom. The molecule has 1 fully saturated rings. The minimum Gasteiger partial charge on any atom is -0.497 e. The molecule has 0 bridgehead atoms. The minimum atomic E-state index is -0.793. The van der Waals surface area contributed by atoms with Crippen molar-refractivity contribution < 1.29 is 19.1 Å². The quantitative estimate of drug-likeness (QED) is 0.520. The van der Waals surface area contributed by atoms with Gasteiger partial charge in [0.05, 0.1) is 18.5 Å². The first-order valence-corrected chi connectivity index (χ1v) is 12.5. The molecule has 1 aliphatic carbocycles. The van der Waals surface area contributed by atoms with Crippen molar-refractivity contribution in [1.82, 2.24) is 15.5 Å². The number of carbonyl (C=O) groups excluding carboxylic acids is 3. The molecule has 1 aromatic carbocycles. The Labute approximate surface area is 199 Å². The molecule has 2 aromatic rings. The molecule has 2 N–H and O–H groups in total. The lowest BCUT2D eigenvalue weighted by atomic mass is 10.0. The van der Waals surface area contributed by atoms with Gasteiger partial charge in [-0.15, -0.1) is 11.3 Å². The van der Waals surface area contributed by atoms with Gasteiger partial charge in [0.25, 0.3) is 5.91 Å². The van der Waals surface area contributed by atoms with Crippen LogP contribution in [-0.2, 0) is 9.59 Å². The van der Waals surface area contributed by atoms with E-state index in [1.54, 1.807) is 30.2 Å². The van der Waals surface area contributed by atoms with Crippen LogP contribution < -0.4 is 15.4 Å². The van der Waals surface area contributed by atoms with Gasteiger partial charge in [0.1, 0.15) is 11.8 Å². The third-order valence-corrected chi connectivity index (χ3v) is 6.76. The Bertz CT molecular complexity index is 925. The topological polar surface area (TPSA) is 87.7 Å². The summed E-state index contributed by atoms with van der Waals surface area (Å²) in [5, 5.41) is 7.68. The lowest BCUT2D eigenvalue weighted by molar-refractivity contribution is -0.140. The van der Waals surface area contributed by atoms with Crippen molar-refractivity contribution in [2.45, 2.75) is 57.5 Å². The van der Waals surface area contributed by atoms with Crippen LogP contribution in [0.1, 0.15) is 66.7 Å². The second-order valence-electron chi connectivity index (χ2n) is 8.27. The van der Waals surface area contributed by atoms with Crippen LogP contribution in [0.2, 0.25) is 0 Å². The van der Waals surface area contributed by atoms with Crippen LogP contribution in [0, 0.1) is 0 Å². The van der Waals surface area contributed by atoms with E-state index < -0.39 is 6.04 Å². The van der Waals surface area contributed by atoms with Crippen molar-refractivity contribution in [2.75, 3.05) is 20.2 Å². The maximum Gasteiger partial charge on any atom is 0.261 e. The number of hydrogen-bond donors (Lipinski definition) is 2. The number of carbonyl (C=O) groups is 3. The zero-order chi connectivity index (χ0) is 23.6. The van der Waals surface area contributed by atoms with Crippen LogP contribution in [0.5, 0.6) is 5.75 Å². The van der Waals surface area contributed by atoms with Gasteiger partial charge in [-0.05, 0) is 48.4 Å². The normalized spacial score (nSPS) is 14.5. The van der Waals surface area contributed by atoms with Crippen molar-refractivity contribution >= 4 is 29.1 Å². The molecule has 0 saturated heterocycles. The number of rotatable bonds is 11. The first-order chi connectivity index (χ1) is 16.0. The summed E-state index contributed by atoms with van der Waals surface area (Å²) in [4.78, 5) is 41.3. The van der Waals surface area contributed by atoms with Crippen LogP contribution in [0.4, 0.5) is 0 Å². The van der Waals surface area contributed by atoms with Crippen LogP contribution in [0.25, 0.3) is 0 Å². The summed E-state index contributed by atoms with van der Waals surface area (Å²) >= 11 is 1.32. The number of ether oxygens (including phenoxy) is 1. The highest BCUT2D eigenvalue weighted by Gasteiger charge is 2.33. The molecule has 1 heterocycles. The summed E-state index contributed by atoms with van der Waals surface area (Å²) in [5.41, 5.74) is 0.693. The van der Waals surface area contributed by atoms with E-state index in [1.807, 2.05) is 30.5 Å². The number of amides is 3. The molecule has 1 aliphatic rings. The van der Waals surface area contributed by atoms with E-state index in [0.717, 1.165) is 38.5 Å². The molecule has 1 unspecified atom stereocenters. The average Bonchev–Trinajstić information content (AvgIpc) is 3.54. The Kier molecular flexibility index (Phi) is 9.30. The van der Waals surface area contributed by atoms with Gasteiger partial charge >= 0.3 is 0 Å². The molecule has 0 spiro atoms. The lowest BCUT2D eigenvalue weighted by Gasteiger charge is -2.32. The Morgan fingerprint density at radius 3 is 2.64 bits per heavy atom. The first kappa shape index (κ1) is 24.8. The van der Waals surface area contributed by atoms with E-state index in [1.165, 1.54) is 11.3 Å². The van der Waals surface area contributed by atoms with Crippen molar-refractivity contribution in [3.63, 3.8) is 0 Å². The second-order valence-corrected chi connectivity index (χ2v) is 9.22. The highest BCUT2D eigenvalue weighted by atomic mass is 32.1. The van der Waals surface area contributed by atoms with Crippen molar-refractivity contribution in [3.8, 4) is 5.75 Å². The molecule has 178 valence electrons. The van der Waals surface area contributed by atoms with Crippen molar-refractivity contribution in [3.05, 3.63) is 52.2 Å². The zero-order valence-corrected chi connectivity index (χ0v) is 20.2. The van der Waals surface area contributed by atoms with Crippen molar-refractivity contribution in [2.24, 2.45) is 0 Å². The number of hydrogen-bond acceptors (Lipinski definition) is 5. The van der Waals surface area contributed by atoms with Crippen molar-refractivity contribution in [1.29, 1.82) is 0 Å². The molecule has 3 amide bonds. The summed E-state index contributed by atoms with van der Waals surface area (Å²) in [7, 11) is 1.58. The molecule has 1 atom stereocenters. The largest absolute Gasteiger partial charge is 0.497 e. The summed E-state index contributed by atoms with van der Waals surface area (Å²) in [5.74, 6) is -0.144. The third kappa shape index (κ3) is 6.81. The fraction of sp³-hybridized carbons (Fsp3) is 0.480. The van der Waals surface area contributed by atoms with E-state index in [2.05, 4.69) is 10.6 Å². The standard InChI is InChI=1S/C25H33N3O4S/c1-3-4-14-28(22(29)17-26-24(30)21-13-8-15-33-21)23(18-9-7-12-20(16-18)32-2)25(31)27-19-10-5-6-11-19/h7-9,12-13,15-16,19,23H,3-6,10-11,14,17H2,1-2H3,(H,26,30)(H,27,31). The van der Waals surface area contributed by atoms with Gasteiger partial charge in [0.15, 0.2) is 0 Å². The molecular weight excluding hydrogens is 438 g/mol. The fourth-order valence-corrected chi connectivity index (χ4v) is 4.75. The van der Waals surface area contributed by atoms with E-state index in [0.29, 0.717) is 22.7 Å². The van der Waals surface area contributed by atoms with E-state index in [9.17, 15) is 14.4 Å².